The highest BCUT2D eigenvalue weighted by molar-refractivity contribution is 5.83. The van der Waals surface area contributed by atoms with Crippen molar-refractivity contribution in [2.75, 3.05) is 6.54 Å². The first kappa shape index (κ1) is 16.6. The molecule has 2 aromatic rings. The monoisotopic (exact) mass is 302 g/mol. The van der Waals surface area contributed by atoms with Crippen molar-refractivity contribution >= 4 is 16.9 Å². The lowest BCUT2D eigenvalue weighted by Crippen LogP contribution is -2.38. The molecular formula is C18H26N2O2. The Labute approximate surface area is 131 Å². The van der Waals surface area contributed by atoms with Crippen molar-refractivity contribution in [1.82, 2.24) is 10.3 Å². The first-order chi connectivity index (χ1) is 10.4. The summed E-state index contributed by atoms with van der Waals surface area (Å²) in [6.45, 7) is 7.22. The fraction of sp³-hybridized carbons (Fsp3) is 0.500. The quantitative estimate of drug-likeness (QED) is 0.732. The van der Waals surface area contributed by atoms with E-state index in [2.05, 4.69) is 37.1 Å². The Morgan fingerprint density at radius 3 is 2.73 bits per heavy atom. The van der Waals surface area contributed by atoms with Gasteiger partial charge in [0, 0.05) is 17.1 Å². The molecule has 3 N–H and O–H groups in total. The Bertz CT molecular complexity index is 625. The fourth-order valence-corrected chi connectivity index (χ4v) is 2.57. The number of carboxylic acid groups (broad SMARTS) is 1. The molecule has 0 radical (unpaired) electrons. The third-order valence-electron chi connectivity index (χ3n) is 3.94. The summed E-state index contributed by atoms with van der Waals surface area (Å²) in [5.74, 6) is -0.770. The number of fused-ring (bicyclic) bond motifs is 1. The fourth-order valence-electron chi connectivity index (χ4n) is 2.57. The molecule has 4 nitrogen and oxygen atoms in total. The number of para-hydroxylation sites is 1. The lowest BCUT2D eigenvalue weighted by atomic mass is 9.92. The normalized spacial score (nSPS) is 13.4. The number of aromatic amines is 1. The molecule has 1 aromatic carbocycles. The number of aliphatic carboxylic acids is 1. The molecule has 120 valence electrons. The number of aromatic nitrogens is 1. The van der Waals surface area contributed by atoms with Gasteiger partial charge >= 0.3 is 5.97 Å². The van der Waals surface area contributed by atoms with Crippen LogP contribution in [0.4, 0.5) is 0 Å². The molecule has 1 atom stereocenters. The van der Waals surface area contributed by atoms with Crippen LogP contribution in [0.3, 0.4) is 0 Å². The van der Waals surface area contributed by atoms with Crippen molar-refractivity contribution < 1.29 is 9.90 Å². The molecule has 22 heavy (non-hydrogen) atoms. The number of benzene rings is 1. The molecule has 4 heteroatoms. The molecule has 0 saturated heterocycles. The van der Waals surface area contributed by atoms with E-state index in [0.717, 1.165) is 24.9 Å². The van der Waals surface area contributed by atoms with E-state index >= 15 is 0 Å². The predicted molar refractivity (Wildman–Crippen MR) is 90.1 cm³/mol. The highest BCUT2D eigenvalue weighted by atomic mass is 16.4. The van der Waals surface area contributed by atoms with Crippen LogP contribution in [0.25, 0.3) is 10.9 Å². The molecule has 0 fully saturated rings. The SMILES string of the molecule is CC(C)(C)CCNC(CCc1c[nH]c2ccccc12)C(=O)O. The maximum atomic E-state index is 11.4. The van der Waals surface area contributed by atoms with E-state index in [9.17, 15) is 9.90 Å². The number of hydrogen-bond donors (Lipinski definition) is 3. The van der Waals surface area contributed by atoms with Crippen molar-refractivity contribution in [3.63, 3.8) is 0 Å². The Balaban J connectivity index is 1.93. The largest absolute Gasteiger partial charge is 0.480 e. The average Bonchev–Trinajstić information content (AvgIpc) is 2.84. The zero-order valence-corrected chi connectivity index (χ0v) is 13.6. The summed E-state index contributed by atoms with van der Waals surface area (Å²) >= 11 is 0. The number of rotatable bonds is 7. The Kier molecular flexibility index (Phi) is 5.24. The highest BCUT2D eigenvalue weighted by Gasteiger charge is 2.18. The summed E-state index contributed by atoms with van der Waals surface area (Å²) in [5, 5.41) is 13.7. The average molecular weight is 302 g/mol. The van der Waals surface area contributed by atoms with Crippen LogP contribution < -0.4 is 5.32 Å². The molecule has 0 saturated carbocycles. The van der Waals surface area contributed by atoms with Gasteiger partial charge in [0.2, 0.25) is 0 Å². The Morgan fingerprint density at radius 2 is 2.05 bits per heavy atom. The van der Waals surface area contributed by atoms with Crippen molar-refractivity contribution in [2.45, 2.75) is 46.1 Å². The minimum absolute atomic E-state index is 0.215. The Hall–Kier alpha value is -1.81. The zero-order valence-electron chi connectivity index (χ0n) is 13.6. The van der Waals surface area contributed by atoms with Gasteiger partial charge in [-0.3, -0.25) is 4.79 Å². The molecule has 0 bridgehead atoms. The molecule has 0 spiro atoms. The second kappa shape index (κ2) is 6.97. The van der Waals surface area contributed by atoms with E-state index in [1.165, 1.54) is 10.9 Å². The van der Waals surface area contributed by atoms with Gasteiger partial charge < -0.3 is 15.4 Å². The lowest BCUT2D eigenvalue weighted by molar-refractivity contribution is -0.139. The van der Waals surface area contributed by atoms with Crippen LogP contribution in [0.5, 0.6) is 0 Å². The van der Waals surface area contributed by atoms with Gasteiger partial charge in [0.05, 0.1) is 0 Å². The number of carboxylic acids is 1. The lowest BCUT2D eigenvalue weighted by Gasteiger charge is -2.20. The second-order valence-corrected chi connectivity index (χ2v) is 7.05. The molecular weight excluding hydrogens is 276 g/mol. The van der Waals surface area contributed by atoms with Crippen LogP contribution in [-0.2, 0) is 11.2 Å². The number of hydrogen-bond acceptors (Lipinski definition) is 2. The minimum Gasteiger partial charge on any atom is -0.480 e. The minimum atomic E-state index is -0.770. The first-order valence-corrected chi connectivity index (χ1v) is 7.88. The van der Waals surface area contributed by atoms with E-state index in [4.69, 9.17) is 0 Å². The maximum absolute atomic E-state index is 11.4. The first-order valence-electron chi connectivity index (χ1n) is 7.88. The number of H-pyrrole nitrogens is 1. The van der Waals surface area contributed by atoms with Gasteiger partial charge in [-0.25, -0.2) is 0 Å². The molecule has 0 amide bonds. The standard InChI is InChI=1S/C18H26N2O2/c1-18(2,3)10-11-19-16(17(21)22)9-8-13-12-20-15-7-5-4-6-14(13)15/h4-7,12,16,19-20H,8-11H2,1-3H3,(H,21,22). The van der Waals surface area contributed by atoms with Gasteiger partial charge in [-0.1, -0.05) is 39.0 Å². The third-order valence-corrected chi connectivity index (χ3v) is 3.94. The van der Waals surface area contributed by atoms with E-state index in [1.54, 1.807) is 0 Å². The van der Waals surface area contributed by atoms with Crippen LogP contribution in [0.1, 0.15) is 39.2 Å². The summed E-state index contributed by atoms with van der Waals surface area (Å²) in [7, 11) is 0. The van der Waals surface area contributed by atoms with Gasteiger partial charge in [-0.2, -0.15) is 0 Å². The molecule has 0 aliphatic carbocycles. The van der Waals surface area contributed by atoms with E-state index in [-0.39, 0.29) is 5.41 Å². The number of aryl methyl sites for hydroxylation is 1. The number of nitrogens with one attached hydrogen (secondary N) is 2. The van der Waals surface area contributed by atoms with Crippen molar-refractivity contribution in [1.29, 1.82) is 0 Å². The topological polar surface area (TPSA) is 65.1 Å². The van der Waals surface area contributed by atoms with Gasteiger partial charge in [-0.15, -0.1) is 0 Å². The van der Waals surface area contributed by atoms with Crippen LogP contribution in [0.2, 0.25) is 0 Å². The summed E-state index contributed by atoms with van der Waals surface area (Å²) in [4.78, 5) is 14.6. The van der Waals surface area contributed by atoms with Crippen LogP contribution in [0, 0.1) is 5.41 Å². The smallest absolute Gasteiger partial charge is 0.320 e. The Morgan fingerprint density at radius 1 is 1.32 bits per heavy atom. The highest BCUT2D eigenvalue weighted by Crippen LogP contribution is 2.20. The van der Waals surface area contributed by atoms with Gasteiger partial charge in [0.15, 0.2) is 0 Å². The van der Waals surface area contributed by atoms with Crippen LogP contribution in [0.15, 0.2) is 30.5 Å². The van der Waals surface area contributed by atoms with Crippen molar-refractivity contribution in [3.05, 3.63) is 36.0 Å². The van der Waals surface area contributed by atoms with Gasteiger partial charge in [-0.05, 0) is 42.9 Å². The van der Waals surface area contributed by atoms with E-state index < -0.39 is 12.0 Å². The van der Waals surface area contributed by atoms with Crippen molar-refractivity contribution in [3.8, 4) is 0 Å². The molecule has 0 aliphatic heterocycles. The molecule has 2 rings (SSSR count). The molecule has 1 aromatic heterocycles. The van der Waals surface area contributed by atoms with E-state index in [0.29, 0.717) is 6.42 Å². The maximum Gasteiger partial charge on any atom is 0.320 e. The second-order valence-electron chi connectivity index (χ2n) is 7.05. The summed E-state index contributed by atoms with van der Waals surface area (Å²) in [5.41, 5.74) is 2.50. The van der Waals surface area contributed by atoms with Crippen molar-refractivity contribution in [2.24, 2.45) is 5.41 Å². The van der Waals surface area contributed by atoms with Crippen LogP contribution in [-0.4, -0.2) is 28.6 Å². The van der Waals surface area contributed by atoms with E-state index in [1.807, 2.05) is 24.4 Å². The zero-order chi connectivity index (χ0) is 16.2. The summed E-state index contributed by atoms with van der Waals surface area (Å²) in [6, 6.07) is 7.63. The molecule has 1 unspecified atom stereocenters. The molecule has 0 aliphatic rings. The number of carbonyl (C=O) groups is 1. The summed E-state index contributed by atoms with van der Waals surface area (Å²) in [6.07, 6.45) is 4.30. The third kappa shape index (κ3) is 4.60. The predicted octanol–water partition coefficient (Wildman–Crippen LogP) is 3.58. The van der Waals surface area contributed by atoms with Gasteiger partial charge in [0.1, 0.15) is 6.04 Å². The van der Waals surface area contributed by atoms with Crippen LogP contribution >= 0.6 is 0 Å². The molecule has 1 heterocycles. The van der Waals surface area contributed by atoms with Gasteiger partial charge in [0.25, 0.3) is 0 Å². The summed E-state index contributed by atoms with van der Waals surface area (Å²) < 4.78 is 0.